The minimum atomic E-state index is -0.187. The van der Waals surface area contributed by atoms with Crippen LogP contribution in [0.25, 0.3) is 0 Å². The van der Waals surface area contributed by atoms with E-state index in [0.29, 0.717) is 17.7 Å². The van der Waals surface area contributed by atoms with Gasteiger partial charge >= 0.3 is 0 Å². The molecule has 3 aromatic carbocycles. The van der Waals surface area contributed by atoms with Crippen molar-refractivity contribution in [2.24, 2.45) is 0 Å². The summed E-state index contributed by atoms with van der Waals surface area (Å²) in [6.07, 6.45) is 0.844. The second kappa shape index (κ2) is 9.00. The van der Waals surface area contributed by atoms with Gasteiger partial charge in [0.05, 0.1) is 0 Å². The number of anilines is 1. The molecule has 3 aromatic rings. The molecular formula is C24H24N2O2. The van der Waals surface area contributed by atoms with Crippen molar-refractivity contribution in [1.29, 1.82) is 0 Å². The molecule has 0 bridgehead atoms. The molecule has 0 heterocycles. The van der Waals surface area contributed by atoms with E-state index >= 15 is 0 Å². The monoisotopic (exact) mass is 372 g/mol. The van der Waals surface area contributed by atoms with Gasteiger partial charge < -0.3 is 10.6 Å². The van der Waals surface area contributed by atoms with Crippen LogP contribution in [0.2, 0.25) is 0 Å². The molecule has 0 aromatic heterocycles. The summed E-state index contributed by atoms with van der Waals surface area (Å²) in [7, 11) is 0. The maximum Gasteiger partial charge on any atom is 0.255 e. The zero-order chi connectivity index (χ0) is 19.9. The fraction of sp³-hybridized carbons (Fsp3) is 0.167. The molecule has 0 fully saturated rings. The molecule has 2 amide bonds. The smallest absolute Gasteiger partial charge is 0.255 e. The van der Waals surface area contributed by atoms with Crippen molar-refractivity contribution in [3.63, 3.8) is 0 Å². The van der Waals surface area contributed by atoms with Gasteiger partial charge in [0.15, 0.2) is 0 Å². The molecular weight excluding hydrogens is 348 g/mol. The van der Waals surface area contributed by atoms with E-state index in [1.807, 2.05) is 55.5 Å². The molecule has 0 unspecified atom stereocenters. The van der Waals surface area contributed by atoms with E-state index in [9.17, 15) is 9.59 Å². The Kier molecular flexibility index (Phi) is 6.22. The van der Waals surface area contributed by atoms with E-state index < -0.39 is 0 Å². The van der Waals surface area contributed by atoms with Crippen molar-refractivity contribution >= 4 is 17.5 Å². The highest BCUT2D eigenvalue weighted by atomic mass is 16.2. The number of aryl methyl sites for hydroxylation is 2. The van der Waals surface area contributed by atoms with Gasteiger partial charge in [0, 0.05) is 23.4 Å². The van der Waals surface area contributed by atoms with Crippen LogP contribution in [-0.4, -0.2) is 11.8 Å². The molecule has 28 heavy (non-hydrogen) atoms. The van der Waals surface area contributed by atoms with E-state index in [0.717, 1.165) is 23.2 Å². The normalized spacial score (nSPS) is 10.4. The average Bonchev–Trinajstić information content (AvgIpc) is 2.73. The molecule has 0 atom stereocenters. The zero-order valence-corrected chi connectivity index (χ0v) is 16.2. The molecule has 0 aliphatic carbocycles. The van der Waals surface area contributed by atoms with Crippen LogP contribution in [0.15, 0.2) is 72.8 Å². The van der Waals surface area contributed by atoms with E-state index in [2.05, 4.69) is 17.6 Å². The number of para-hydroxylation sites is 1. The van der Waals surface area contributed by atoms with Crippen LogP contribution >= 0.6 is 0 Å². The molecule has 0 spiro atoms. The predicted octanol–water partition coefficient (Wildman–Crippen LogP) is 4.74. The van der Waals surface area contributed by atoms with Crippen LogP contribution < -0.4 is 10.6 Å². The summed E-state index contributed by atoms with van der Waals surface area (Å²) in [6.45, 7) is 4.55. The maximum atomic E-state index is 12.5. The number of benzene rings is 3. The molecule has 142 valence electrons. The predicted molar refractivity (Wildman–Crippen MR) is 113 cm³/mol. The van der Waals surface area contributed by atoms with E-state index in [1.165, 1.54) is 5.56 Å². The third-order valence-corrected chi connectivity index (χ3v) is 4.63. The fourth-order valence-electron chi connectivity index (χ4n) is 2.91. The van der Waals surface area contributed by atoms with E-state index in [1.54, 1.807) is 24.3 Å². The van der Waals surface area contributed by atoms with Gasteiger partial charge in [-0.1, -0.05) is 55.0 Å². The van der Waals surface area contributed by atoms with E-state index in [4.69, 9.17) is 0 Å². The highest BCUT2D eigenvalue weighted by Gasteiger charge is 2.10. The fourth-order valence-corrected chi connectivity index (χ4v) is 2.91. The van der Waals surface area contributed by atoms with Gasteiger partial charge in [-0.3, -0.25) is 9.59 Å². The average molecular weight is 372 g/mol. The van der Waals surface area contributed by atoms with Crippen molar-refractivity contribution in [3.05, 3.63) is 101 Å². The van der Waals surface area contributed by atoms with Gasteiger partial charge in [0.25, 0.3) is 11.8 Å². The van der Waals surface area contributed by atoms with Crippen LogP contribution in [0.4, 0.5) is 5.69 Å². The number of hydrogen-bond donors (Lipinski definition) is 2. The molecule has 0 radical (unpaired) electrons. The Balaban J connectivity index is 1.61. The first-order valence-corrected chi connectivity index (χ1v) is 9.40. The second-order valence-corrected chi connectivity index (χ2v) is 6.71. The Bertz CT molecular complexity index is 961. The first-order valence-electron chi connectivity index (χ1n) is 9.40. The molecule has 2 N–H and O–H groups in total. The van der Waals surface area contributed by atoms with Gasteiger partial charge in [0.1, 0.15) is 0 Å². The number of hydrogen-bond acceptors (Lipinski definition) is 2. The van der Waals surface area contributed by atoms with Crippen molar-refractivity contribution < 1.29 is 9.59 Å². The highest BCUT2D eigenvalue weighted by Crippen LogP contribution is 2.17. The van der Waals surface area contributed by atoms with Gasteiger partial charge in [0.2, 0.25) is 0 Å². The zero-order valence-electron chi connectivity index (χ0n) is 16.2. The van der Waals surface area contributed by atoms with Gasteiger partial charge in [-0.2, -0.15) is 0 Å². The summed E-state index contributed by atoms with van der Waals surface area (Å²) in [6, 6.07) is 22.5. The summed E-state index contributed by atoms with van der Waals surface area (Å²) >= 11 is 0. The highest BCUT2D eigenvalue weighted by molar-refractivity contribution is 6.05. The third kappa shape index (κ3) is 4.86. The third-order valence-electron chi connectivity index (χ3n) is 4.63. The quantitative estimate of drug-likeness (QED) is 0.657. The van der Waals surface area contributed by atoms with E-state index in [-0.39, 0.29) is 11.8 Å². The number of rotatable bonds is 6. The summed E-state index contributed by atoms with van der Waals surface area (Å²) in [5, 5.41) is 5.84. The Hall–Kier alpha value is -3.40. The van der Waals surface area contributed by atoms with Crippen LogP contribution in [0.5, 0.6) is 0 Å². The maximum absolute atomic E-state index is 12.5. The molecule has 0 saturated carbocycles. The lowest BCUT2D eigenvalue weighted by Crippen LogP contribution is -2.23. The number of nitrogens with one attached hydrogen (secondary N) is 2. The standard InChI is InChI=1S/C24H24N2O2/c1-3-19-6-4-5-7-22(19)26-24(28)21-14-12-20(13-15-21)23(27)25-16-18-10-8-17(2)9-11-18/h4-15H,3,16H2,1-2H3,(H,25,27)(H,26,28). The Labute approximate surface area is 165 Å². The number of amides is 2. The van der Waals surface area contributed by atoms with Crippen molar-refractivity contribution in [2.45, 2.75) is 26.8 Å². The van der Waals surface area contributed by atoms with Crippen LogP contribution in [0.1, 0.15) is 44.3 Å². The molecule has 0 saturated heterocycles. The number of carbonyl (C=O) groups excluding carboxylic acids is 2. The summed E-state index contributed by atoms with van der Waals surface area (Å²) < 4.78 is 0. The molecule has 4 heteroatoms. The van der Waals surface area contributed by atoms with Gasteiger partial charge in [-0.25, -0.2) is 0 Å². The van der Waals surface area contributed by atoms with Crippen LogP contribution in [-0.2, 0) is 13.0 Å². The number of carbonyl (C=O) groups is 2. The summed E-state index contributed by atoms with van der Waals surface area (Å²) in [5.41, 5.74) is 5.17. The Morgan fingerprint density at radius 2 is 1.39 bits per heavy atom. The van der Waals surface area contributed by atoms with Crippen LogP contribution in [0, 0.1) is 6.92 Å². The summed E-state index contributed by atoms with van der Waals surface area (Å²) in [4.78, 5) is 24.8. The lowest BCUT2D eigenvalue weighted by molar-refractivity contribution is 0.0949. The molecule has 3 rings (SSSR count). The first kappa shape index (κ1) is 19.4. The van der Waals surface area contributed by atoms with Crippen molar-refractivity contribution in [3.8, 4) is 0 Å². The molecule has 0 aliphatic heterocycles. The topological polar surface area (TPSA) is 58.2 Å². The molecule has 4 nitrogen and oxygen atoms in total. The minimum absolute atomic E-state index is 0.163. The second-order valence-electron chi connectivity index (χ2n) is 6.71. The molecule has 0 aliphatic rings. The van der Waals surface area contributed by atoms with Gasteiger partial charge in [-0.15, -0.1) is 0 Å². The minimum Gasteiger partial charge on any atom is -0.348 e. The Morgan fingerprint density at radius 1 is 0.786 bits per heavy atom. The Morgan fingerprint density at radius 3 is 2.04 bits per heavy atom. The SMILES string of the molecule is CCc1ccccc1NC(=O)c1ccc(C(=O)NCc2ccc(C)cc2)cc1. The first-order chi connectivity index (χ1) is 13.6. The van der Waals surface area contributed by atoms with Crippen LogP contribution in [0.3, 0.4) is 0 Å². The van der Waals surface area contributed by atoms with Crippen molar-refractivity contribution in [2.75, 3.05) is 5.32 Å². The van der Waals surface area contributed by atoms with Gasteiger partial charge in [-0.05, 0) is 54.8 Å². The largest absolute Gasteiger partial charge is 0.348 e. The van der Waals surface area contributed by atoms with Crippen molar-refractivity contribution in [1.82, 2.24) is 5.32 Å². The lowest BCUT2D eigenvalue weighted by atomic mass is 10.1. The lowest BCUT2D eigenvalue weighted by Gasteiger charge is -2.10. The summed E-state index contributed by atoms with van der Waals surface area (Å²) in [5.74, 6) is -0.351.